The fourth-order valence-corrected chi connectivity index (χ4v) is 2.04. The number of carbonyl (C=O) groups excluding carboxylic acids is 1. The van der Waals surface area contributed by atoms with Gasteiger partial charge in [-0.1, -0.05) is 23.2 Å². The number of ketones is 1. The number of aryl methyl sites for hydroxylation is 1. The topological polar surface area (TPSA) is 60.9 Å². The predicted octanol–water partition coefficient (Wildman–Crippen LogP) is 2.73. The van der Waals surface area contributed by atoms with Crippen molar-refractivity contribution in [1.82, 2.24) is 9.55 Å². The summed E-state index contributed by atoms with van der Waals surface area (Å²) in [5.74, 6) is 0.581. The van der Waals surface area contributed by atoms with Gasteiger partial charge in [0, 0.05) is 25.0 Å². The smallest absolute Gasteiger partial charge is 0.170 e. The summed E-state index contributed by atoms with van der Waals surface area (Å²) in [6.45, 7) is 0. The molecule has 6 heteroatoms. The van der Waals surface area contributed by atoms with Crippen LogP contribution in [0.5, 0.6) is 0 Å². The maximum absolute atomic E-state index is 12.1. The molecular formula is C12H11Cl2N3O. The van der Waals surface area contributed by atoms with Gasteiger partial charge in [0.1, 0.15) is 5.82 Å². The summed E-state index contributed by atoms with van der Waals surface area (Å²) < 4.78 is 1.79. The number of carbonyl (C=O) groups is 1. The van der Waals surface area contributed by atoms with Crippen LogP contribution in [0.3, 0.4) is 0 Å². The first-order valence-corrected chi connectivity index (χ1v) is 5.98. The average Bonchev–Trinajstić information content (AvgIpc) is 2.71. The molecule has 0 radical (unpaired) electrons. The molecule has 0 amide bonds. The Bertz CT molecular complexity index is 584. The quantitative estimate of drug-likeness (QED) is 0.696. The maximum Gasteiger partial charge on any atom is 0.170 e. The van der Waals surface area contributed by atoms with Gasteiger partial charge in [-0.15, -0.1) is 0 Å². The molecule has 1 aromatic carbocycles. The first-order valence-electron chi connectivity index (χ1n) is 5.23. The van der Waals surface area contributed by atoms with Crippen LogP contribution < -0.4 is 5.73 Å². The van der Waals surface area contributed by atoms with Gasteiger partial charge in [0.25, 0.3) is 0 Å². The second-order valence-corrected chi connectivity index (χ2v) is 4.72. The molecule has 0 unspecified atom stereocenters. The maximum atomic E-state index is 12.1. The Morgan fingerprint density at radius 1 is 1.39 bits per heavy atom. The number of nitrogen functional groups attached to an aromatic ring is 1. The van der Waals surface area contributed by atoms with Gasteiger partial charge < -0.3 is 10.3 Å². The van der Waals surface area contributed by atoms with E-state index in [4.69, 9.17) is 28.9 Å². The summed E-state index contributed by atoms with van der Waals surface area (Å²) >= 11 is 11.8. The van der Waals surface area contributed by atoms with E-state index in [1.165, 1.54) is 12.1 Å². The Hall–Kier alpha value is -1.52. The van der Waals surface area contributed by atoms with Gasteiger partial charge in [-0.05, 0) is 12.1 Å². The minimum Gasteiger partial charge on any atom is -0.396 e. The normalized spacial score (nSPS) is 10.6. The number of aromatic nitrogens is 2. The van der Waals surface area contributed by atoms with Crippen LogP contribution in [-0.4, -0.2) is 15.3 Å². The molecule has 2 N–H and O–H groups in total. The third-order valence-corrected chi connectivity index (χ3v) is 3.27. The second-order valence-electron chi connectivity index (χ2n) is 3.91. The van der Waals surface area contributed by atoms with Crippen LogP contribution in [0.15, 0.2) is 24.5 Å². The van der Waals surface area contributed by atoms with E-state index in [0.29, 0.717) is 11.4 Å². The van der Waals surface area contributed by atoms with Gasteiger partial charge >= 0.3 is 0 Å². The zero-order chi connectivity index (χ0) is 13.3. The molecule has 1 aromatic heterocycles. The van der Waals surface area contributed by atoms with Crippen molar-refractivity contribution in [3.8, 4) is 0 Å². The van der Waals surface area contributed by atoms with Gasteiger partial charge in [0.05, 0.1) is 22.2 Å². The van der Waals surface area contributed by atoms with Crippen LogP contribution in [0.25, 0.3) is 0 Å². The van der Waals surface area contributed by atoms with Crippen LogP contribution in [0.1, 0.15) is 16.2 Å². The summed E-state index contributed by atoms with van der Waals surface area (Å²) in [5, 5.41) is 0.566. The molecule has 2 aromatic rings. The minimum atomic E-state index is -0.104. The lowest BCUT2D eigenvalue weighted by molar-refractivity contribution is 0.0990. The average molecular weight is 284 g/mol. The highest BCUT2D eigenvalue weighted by Crippen LogP contribution is 2.29. The highest BCUT2D eigenvalue weighted by molar-refractivity contribution is 6.39. The van der Waals surface area contributed by atoms with Crippen LogP contribution >= 0.6 is 23.2 Å². The lowest BCUT2D eigenvalue weighted by Gasteiger charge is -2.06. The van der Waals surface area contributed by atoms with E-state index < -0.39 is 0 Å². The summed E-state index contributed by atoms with van der Waals surface area (Å²) in [6, 6.07) is 3.04. The van der Waals surface area contributed by atoms with E-state index in [-0.39, 0.29) is 27.9 Å². The summed E-state index contributed by atoms with van der Waals surface area (Å²) in [5.41, 5.74) is 6.34. The number of Topliss-reactive ketones (excluding diaryl/α,β-unsaturated/α-hetero) is 1. The van der Waals surface area contributed by atoms with Crippen molar-refractivity contribution < 1.29 is 4.79 Å². The van der Waals surface area contributed by atoms with Crippen molar-refractivity contribution in [1.29, 1.82) is 0 Å². The number of halogens is 2. The lowest BCUT2D eigenvalue weighted by Crippen LogP contribution is -2.08. The Kier molecular flexibility index (Phi) is 3.59. The van der Waals surface area contributed by atoms with Crippen LogP contribution in [-0.2, 0) is 13.5 Å². The monoisotopic (exact) mass is 283 g/mol. The van der Waals surface area contributed by atoms with Gasteiger partial charge in [-0.25, -0.2) is 4.98 Å². The molecule has 2 rings (SSSR count). The second kappa shape index (κ2) is 5.00. The van der Waals surface area contributed by atoms with Crippen molar-refractivity contribution in [3.05, 3.63) is 46.0 Å². The fraction of sp³-hybridized carbons (Fsp3) is 0.167. The molecule has 0 fully saturated rings. The summed E-state index contributed by atoms with van der Waals surface area (Å²) in [4.78, 5) is 16.2. The molecule has 0 bridgehead atoms. The Morgan fingerprint density at radius 2 is 2.00 bits per heavy atom. The molecule has 4 nitrogen and oxygen atoms in total. The van der Waals surface area contributed by atoms with E-state index in [0.717, 1.165) is 0 Å². The lowest BCUT2D eigenvalue weighted by atomic mass is 10.1. The molecule has 0 aliphatic carbocycles. The van der Waals surface area contributed by atoms with Crippen LogP contribution in [0.4, 0.5) is 5.69 Å². The van der Waals surface area contributed by atoms with Gasteiger partial charge in [0.15, 0.2) is 5.78 Å². The van der Waals surface area contributed by atoms with Crippen molar-refractivity contribution in [3.63, 3.8) is 0 Å². The number of nitrogens with zero attached hydrogens (tertiary/aromatic N) is 2. The highest BCUT2D eigenvalue weighted by Gasteiger charge is 2.13. The van der Waals surface area contributed by atoms with Crippen LogP contribution in [0.2, 0.25) is 10.0 Å². The SMILES string of the molecule is Cn1ccnc1CC(=O)c1cc(Cl)c(N)c(Cl)c1. The third-order valence-electron chi connectivity index (χ3n) is 2.64. The number of anilines is 1. The zero-order valence-electron chi connectivity index (χ0n) is 9.65. The molecule has 0 saturated heterocycles. The minimum absolute atomic E-state index is 0.104. The van der Waals surface area contributed by atoms with Gasteiger partial charge in [-0.3, -0.25) is 4.79 Å². The van der Waals surface area contributed by atoms with Crippen molar-refractivity contribution in [2.75, 3.05) is 5.73 Å². The van der Waals surface area contributed by atoms with Crippen LogP contribution in [0, 0.1) is 0 Å². The summed E-state index contributed by atoms with van der Waals surface area (Å²) in [6.07, 6.45) is 3.62. The number of hydrogen-bond acceptors (Lipinski definition) is 3. The molecule has 0 saturated carbocycles. The van der Waals surface area contributed by atoms with E-state index in [1.807, 2.05) is 7.05 Å². The first kappa shape index (κ1) is 12.9. The van der Waals surface area contributed by atoms with Gasteiger partial charge in [-0.2, -0.15) is 0 Å². The third kappa shape index (κ3) is 2.49. The van der Waals surface area contributed by atoms with Crippen molar-refractivity contribution in [2.45, 2.75) is 6.42 Å². The van der Waals surface area contributed by atoms with Crippen molar-refractivity contribution in [2.24, 2.45) is 7.05 Å². The largest absolute Gasteiger partial charge is 0.396 e. The Morgan fingerprint density at radius 3 is 2.50 bits per heavy atom. The van der Waals surface area contributed by atoms with E-state index in [2.05, 4.69) is 4.98 Å². The number of imidazole rings is 1. The standard InChI is InChI=1S/C12H11Cl2N3O/c1-17-3-2-16-11(17)6-10(18)7-4-8(13)12(15)9(14)5-7/h2-5H,6,15H2,1H3. The Balaban J connectivity index is 2.27. The zero-order valence-corrected chi connectivity index (χ0v) is 11.2. The first-order chi connectivity index (χ1) is 8.49. The van der Waals surface area contributed by atoms with E-state index in [1.54, 1.807) is 17.0 Å². The molecule has 18 heavy (non-hydrogen) atoms. The number of benzene rings is 1. The summed E-state index contributed by atoms with van der Waals surface area (Å²) in [7, 11) is 1.83. The number of nitrogens with two attached hydrogens (primary N) is 1. The fourth-order valence-electron chi connectivity index (χ4n) is 1.56. The van der Waals surface area contributed by atoms with Gasteiger partial charge in [0.2, 0.25) is 0 Å². The number of hydrogen-bond donors (Lipinski definition) is 1. The number of rotatable bonds is 3. The van der Waals surface area contributed by atoms with Crippen molar-refractivity contribution >= 4 is 34.7 Å². The molecule has 94 valence electrons. The predicted molar refractivity (Wildman–Crippen MR) is 72.1 cm³/mol. The molecule has 0 aliphatic heterocycles. The molecule has 0 atom stereocenters. The Labute approximate surface area is 114 Å². The highest BCUT2D eigenvalue weighted by atomic mass is 35.5. The van der Waals surface area contributed by atoms with E-state index >= 15 is 0 Å². The van der Waals surface area contributed by atoms with E-state index in [9.17, 15) is 4.79 Å². The molecule has 1 heterocycles. The molecule has 0 aliphatic rings. The molecular weight excluding hydrogens is 273 g/mol. The molecule has 0 spiro atoms.